The number of benzene rings is 2. The average molecular weight is 426 g/mol. The highest BCUT2D eigenvalue weighted by atomic mass is 35.5. The van der Waals surface area contributed by atoms with Crippen LogP contribution in [0.25, 0.3) is 0 Å². The van der Waals surface area contributed by atoms with Gasteiger partial charge in [0.05, 0.1) is 11.5 Å². The van der Waals surface area contributed by atoms with Crippen LogP contribution in [0.4, 0.5) is 4.39 Å². The molecule has 8 heteroatoms. The minimum absolute atomic E-state index is 0.0527. The molecule has 1 aliphatic rings. The Morgan fingerprint density at radius 1 is 1.25 bits per heavy atom. The first-order valence-electron chi connectivity index (χ1n) is 8.92. The number of hydrogen-bond acceptors (Lipinski definition) is 4. The zero-order chi connectivity index (χ0) is 20.3. The molecule has 28 heavy (non-hydrogen) atoms. The van der Waals surface area contributed by atoms with Crippen LogP contribution in [0, 0.1) is 5.82 Å². The van der Waals surface area contributed by atoms with E-state index >= 15 is 0 Å². The maximum atomic E-state index is 13.1. The van der Waals surface area contributed by atoms with Gasteiger partial charge in [0.1, 0.15) is 11.6 Å². The summed E-state index contributed by atoms with van der Waals surface area (Å²) in [6.07, 6.45) is -0.488. The fraction of sp³-hybridized carbons (Fsp3) is 0.350. The van der Waals surface area contributed by atoms with Crippen LogP contribution in [-0.4, -0.2) is 42.9 Å². The topological polar surface area (TPSA) is 63.7 Å². The molecule has 1 amide bonds. The maximum absolute atomic E-state index is 13.1. The number of ether oxygens (including phenoxy) is 1. The van der Waals surface area contributed by atoms with E-state index in [2.05, 4.69) is 0 Å². The van der Waals surface area contributed by atoms with Crippen molar-refractivity contribution in [3.05, 3.63) is 64.9 Å². The summed E-state index contributed by atoms with van der Waals surface area (Å²) in [5, 5.41) is 0.508. The summed E-state index contributed by atoms with van der Waals surface area (Å²) in [7, 11) is -3.18. The molecule has 1 aliphatic heterocycles. The van der Waals surface area contributed by atoms with Crippen molar-refractivity contribution in [2.24, 2.45) is 0 Å². The monoisotopic (exact) mass is 425 g/mol. The number of halogens is 2. The summed E-state index contributed by atoms with van der Waals surface area (Å²) >= 11 is 6.24. The molecule has 5 nitrogen and oxygen atoms in total. The van der Waals surface area contributed by atoms with E-state index in [0.717, 1.165) is 5.56 Å². The van der Waals surface area contributed by atoms with E-state index in [0.29, 0.717) is 17.2 Å². The third-order valence-electron chi connectivity index (χ3n) is 4.71. The van der Waals surface area contributed by atoms with E-state index < -0.39 is 27.8 Å². The standard InChI is InChI=1S/C20H21ClFNO4S/c1-14(27-18-8-6-16(22)7-9-18)20(24)23(17-10-11-28(25,26)13-17)12-15-4-2-3-5-19(15)21/h2-9,14,17H,10-13H2,1H3/t14-,17+/m0/s1. The molecular weight excluding hydrogens is 405 g/mol. The first-order chi connectivity index (χ1) is 13.2. The van der Waals surface area contributed by atoms with Gasteiger partial charge in [0, 0.05) is 17.6 Å². The Morgan fingerprint density at radius 3 is 2.54 bits per heavy atom. The minimum atomic E-state index is -3.18. The van der Waals surface area contributed by atoms with Crippen LogP contribution in [0.1, 0.15) is 18.9 Å². The number of carbonyl (C=O) groups excluding carboxylic acids is 1. The van der Waals surface area contributed by atoms with Crippen LogP contribution >= 0.6 is 11.6 Å². The van der Waals surface area contributed by atoms with E-state index in [4.69, 9.17) is 16.3 Å². The second-order valence-electron chi connectivity index (χ2n) is 6.83. The molecule has 1 saturated heterocycles. The number of nitrogens with zero attached hydrogens (tertiary/aromatic N) is 1. The fourth-order valence-corrected chi connectivity index (χ4v) is 5.15. The molecule has 2 aromatic rings. The van der Waals surface area contributed by atoms with Crippen molar-refractivity contribution >= 4 is 27.3 Å². The van der Waals surface area contributed by atoms with Crippen molar-refractivity contribution in [3.8, 4) is 5.75 Å². The molecule has 3 rings (SSSR count). The van der Waals surface area contributed by atoms with Gasteiger partial charge in [-0.15, -0.1) is 0 Å². The number of amides is 1. The number of hydrogen-bond donors (Lipinski definition) is 0. The summed E-state index contributed by atoms with van der Waals surface area (Å²) in [6, 6.07) is 12.1. The van der Waals surface area contributed by atoms with Crippen molar-refractivity contribution in [1.82, 2.24) is 4.90 Å². The Hall–Kier alpha value is -2.12. The van der Waals surface area contributed by atoms with Crippen LogP contribution in [0.3, 0.4) is 0 Å². The van der Waals surface area contributed by atoms with Crippen LogP contribution < -0.4 is 4.74 Å². The molecule has 150 valence electrons. The zero-order valence-electron chi connectivity index (χ0n) is 15.3. The lowest BCUT2D eigenvalue weighted by molar-refractivity contribution is -0.140. The lowest BCUT2D eigenvalue weighted by Gasteiger charge is -2.31. The molecule has 0 aliphatic carbocycles. The Kier molecular flexibility index (Phi) is 6.25. The van der Waals surface area contributed by atoms with Crippen LogP contribution in [-0.2, 0) is 21.2 Å². The van der Waals surface area contributed by atoms with Crippen LogP contribution in [0.5, 0.6) is 5.75 Å². The summed E-state index contributed by atoms with van der Waals surface area (Å²) in [6.45, 7) is 1.78. The smallest absolute Gasteiger partial charge is 0.263 e. The number of sulfone groups is 1. The summed E-state index contributed by atoms with van der Waals surface area (Å²) in [5.41, 5.74) is 0.732. The van der Waals surface area contributed by atoms with Gasteiger partial charge in [-0.2, -0.15) is 0 Å². The molecule has 2 atom stereocenters. The van der Waals surface area contributed by atoms with Gasteiger partial charge in [-0.25, -0.2) is 12.8 Å². The lowest BCUT2D eigenvalue weighted by atomic mass is 10.1. The van der Waals surface area contributed by atoms with Gasteiger partial charge in [-0.1, -0.05) is 29.8 Å². The Morgan fingerprint density at radius 2 is 1.93 bits per heavy atom. The van der Waals surface area contributed by atoms with Gasteiger partial charge in [-0.05, 0) is 49.2 Å². The molecule has 2 aromatic carbocycles. The van der Waals surface area contributed by atoms with Gasteiger partial charge in [0.15, 0.2) is 15.9 Å². The summed E-state index contributed by atoms with van der Waals surface area (Å²) in [4.78, 5) is 14.6. The largest absolute Gasteiger partial charge is 0.481 e. The predicted octanol–water partition coefficient (Wildman–Crippen LogP) is 3.46. The van der Waals surface area contributed by atoms with E-state index in [1.165, 1.54) is 29.2 Å². The Labute approximate surface area is 169 Å². The molecule has 0 spiro atoms. The van der Waals surface area contributed by atoms with E-state index in [9.17, 15) is 17.6 Å². The summed E-state index contributed by atoms with van der Waals surface area (Å²) in [5.74, 6) is -0.406. The quantitative estimate of drug-likeness (QED) is 0.711. The predicted molar refractivity (Wildman–Crippen MR) is 106 cm³/mol. The first kappa shape index (κ1) is 20.6. The second kappa shape index (κ2) is 8.49. The van der Waals surface area contributed by atoms with Crippen LogP contribution in [0.2, 0.25) is 5.02 Å². The van der Waals surface area contributed by atoms with Gasteiger partial charge in [0.2, 0.25) is 0 Å². The Balaban J connectivity index is 1.81. The molecule has 0 radical (unpaired) electrons. The molecule has 1 fully saturated rings. The van der Waals surface area contributed by atoms with Crippen molar-refractivity contribution in [1.29, 1.82) is 0 Å². The summed E-state index contributed by atoms with van der Waals surface area (Å²) < 4.78 is 42.6. The van der Waals surface area contributed by atoms with Gasteiger partial charge in [0.25, 0.3) is 5.91 Å². The first-order valence-corrected chi connectivity index (χ1v) is 11.1. The highest BCUT2D eigenvalue weighted by Gasteiger charge is 2.36. The maximum Gasteiger partial charge on any atom is 0.263 e. The Bertz CT molecular complexity index is 949. The third kappa shape index (κ3) is 5.02. The average Bonchev–Trinajstić information content (AvgIpc) is 3.02. The molecule has 0 aromatic heterocycles. The molecule has 0 unspecified atom stereocenters. The molecule has 0 saturated carbocycles. The van der Waals surface area contributed by atoms with Crippen LogP contribution in [0.15, 0.2) is 48.5 Å². The van der Waals surface area contributed by atoms with Crippen molar-refractivity contribution in [3.63, 3.8) is 0 Å². The SMILES string of the molecule is C[C@H](Oc1ccc(F)cc1)C(=O)N(Cc1ccccc1Cl)[C@@H]1CCS(=O)(=O)C1. The molecule has 0 N–H and O–H groups in total. The van der Waals surface area contributed by atoms with Gasteiger partial charge < -0.3 is 9.64 Å². The minimum Gasteiger partial charge on any atom is -0.481 e. The fourth-order valence-electron chi connectivity index (χ4n) is 3.22. The highest BCUT2D eigenvalue weighted by molar-refractivity contribution is 7.91. The van der Waals surface area contributed by atoms with E-state index in [1.807, 2.05) is 6.07 Å². The third-order valence-corrected chi connectivity index (χ3v) is 6.82. The molecule has 0 bridgehead atoms. The normalized spacial score (nSPS) is 19.2. The van der Waals surface area contributed by atoms with Gasteiger partial charge >= 0.3 is 0 Å². The lowest BCUT2D eigenvalue weighted by Crippen LogP contribution is -2.46. The molecular formula is C20H21ClFNO4S. The highest BCUT2D eigenvalue weighted by Crippen LogP contribution is 2.25. The van der Waals surface area contributed by atoms with Gasteiger partial charge in [-0.3, -0.25) is 4.79 Å². The molecule has 1 heterocycles. The number of carbonyl (C=O) groups is 1. The van der Waals surface area contributed by atoms with Crippen molar-refractivity contribution < 1.29 is 22.3 Å². The second-order valence-corrected chi connectivity index (χ2v) is 9.46. The van der Waals surface area contributed by atoms with Crippen molar-refractivity contribution in [2.45, 2.75) is 32.0 Å². The zero-order valence-corrected chi connectivity index (χ0v) is 16.9. The van der Waals surface area contributed by atoms with E-state index in [-0.39, 0.29) is 24.0 Å². The van der Waals surface area contributed by atoms with E-state index in [1.54, 1.807) is 25.1 Å². The number of rotatable bonds is 6. The van der Waals surface area contributed by atoms with Crippen molar-refractivity contribution in [2.75, 3.05) is 11.5 Å².